The molecule has 5 rings (SSSR count). The van der Waals surface area contributed by atoms with E-state index in [9.17, 15) is 14.4 Å². The first-order valence-corrected chi connectivity index (χ1v) is 15.4. The molecule has 2 atom stereocenters. The molecule has 2 heterocycles. The molecule has 2 N–H and O–H groups in total. The van der Waals surface area contributed by atoms with Crippen LogP contribution in [0.25, 0.3) is 10.8 Å². The summed E-state index contributed by atoms with van der Waals surface area (Å²) < 4.78 is 11.0. The lowest BCUT2D eigenvalue weighted by molar-refractivity contribution is -0.132. The van der Waals surface area contributed by atoms with Crippen molar-refractivity contribution in [3.8, 4) is 0 Å². The lowest BCUT2D eigenvalue weighted by Crippen LogP contribution is -2.52. The monoisotopic (exact) mass is 611 g/mol. The maximum Gasteiger partial charge on any atom is 0.410 e. The maximum atomic E-state index is 14.0. The predicted octanol–water partition coefficient (Wildman–Crippen LogP) is 5.31. The molecule has 3 aromatic carbocycles. The molecule has 1 aliphatic heterocycles. The smallest absolute Gasteiger partial charge is 0.410 e. The quantitative estimate of drug-likeness (QED) is 0.263. The van der Waals surface area contributed by atoms with E-state index in [1.807, 2.05) is 93.6 Å². The summed E-state index contributed by atoms with van der Waals surface area (Å²) in [5, 5.41) is 12.2. The fourth-order valence-electron chi connectivity index (χ4n) is 5.53. The average Bonchev–Trinajstić information content (AvgIpc) is 3.46. The number of benzene rings is 3. The van der Waals surface area contributed by atoms with E-state index in [2.05, 4.69) is 20.8 Å². The molecule has 45 heavy (non-hydrogen) atoms. The highest BCUT2D eigenvalue weighted by molar-refractivity contribution is 5.89. The van der Waals surface area contributed by atoms with Gasteiger partial charge in [-0.15, -0.1) is 0 Å². The standard InChI is InChI=1S/C35H41N5O5/c1-23-36-33(45-39-23)30(21-24-10-6-5-7-11-24)38-32(42)29(22-25-14-15-26-12-8-9-13-28(26)20-25)37-31(41)27-16-18-40(19-17-27)34(43)44-35(2,3)4/h5-15,20,27,29-30H,16-19,21-22H2,1-4H3,(H,37,41)(H,38,42). The molecule has 2 unspecified atom stereocenters. The van der Waals surface area contributed by atoms with Crippen molar-refractivity contribution in [1.82, 2.24) is 25.7 Å². The second-order valence-electron chi connectivity index (χ2n) is 12.6. The number of ether oxygens (including phenoxy) is 1. The van der Waals surface area contributed by atoms with Gasteiger partial charge in [-0.25, -0.2) is 4.79 Å². The third-order valence-corrected chi connectivity index (χ3v) is 7.84. The van der Waals surface area contributed by atoms with E-state index in [1.165, 1.54) is 0 Å². The van der Waals surface area contributed by atoms with E-state index in [1.54, 1.807) is 11.8 Å². The molecule has 10 heteroatoms. The van der Waals surface area contributed by atoms with Crippen molar-refractivity contribution in [3.05, 3.63) is 95.6 Å². The maximum absolute atomic E-state index is 14.0. The molecule has 0 spiro atoms. The molecule has 0 saturated carbocycles. The Hall–Kier alpha value is -4.73. The number of piperidine rings is 1. The topological polar surface area (TPSA) is 127 Å². The van der Waals surface area contributed by atoms with Crippen molar-refractivity contribution in [3.63, 3.8) is 0 Å². The molecule has 236 valence electrons. The van der Waals surface area contributed by atoms with Gasteiger partial charge in [-0.2, -0.15) is 4.98 Å². The Balaban J connectivity index is 1.33. The normalized spacial score (nSPS) is 15.3. The van der Waals surface area contributed by atoms with Crippen molar-refractivity contribution in [2.45, 2.75) is 71.1 Å². The van der Waals surface area contributed by atoms with Gasteiger partial charge >= 0.3 is 6.09 Å². The number of rotatable bonds is 9. The minimum atomic E-state index is -0.857. The zero-order valence-corrected chi connectivity index (χ0v) is 26.3. The molecule has 1 fully saturated rings. The summed E-state index contributed by atoms with van der Waals surface area (Å²) in [5.41, 5.74) is 1.32. The summed E-state index contributed by atoms with van der Waals surface area (Å²) in [7, 11) is 0. The second-order valence-corrected chi connectivity index (χ2v) is 12.6. The zero-order chi connectivity index (χ0) is 32.0. The van der Waals surface area contributed by atoms with Gasteiger partial charge in [0.2, 0.25) is 17.7 Å². The number of fused-ring (bicyclic) bond motifs is 1. The molecule has 10 nitrogen and oxygen atoms in total. The van der Waals surface area contributed by atoms with Gasteiger partial charge in [-0.3, -0.25) is 9.59 Å². The minimum absolute atomic E-state index is 0.215. The summed E-state index contributed by atoms with van der Waals surface area (Å²) in [5.74, 6) is -0.132. The van der Waals surface area contributed by atoms with Gasteiger partial charge in [0.15, 0.2) is 5.82 Å². The van der Waals surface area contributed by atoms with E-state index < -0.39 is 17.7 Å². The van der Waals surface area contributed by atoms with Gasteiger partial charge in [0.1, 0.15) is 17.7 Å². The van der Waals surface area contributed by atoms with Gasteiger partial charge in [0, 0.05) is 31.8 Å². The molecule has 0 radical (unpaired) electrons. The predicted molar refractivity (Wildman–Crippen MR) is 170 cm³/mol. The number of nitrogens with one attached hydrogen (secondary N) is 2. The molecular formula is C35H41N5O5. The molecule has 1 saturated heterocycles. The Morgan fingerprint density at radius 3 is 2.27 bits per heavy atom. The number of carbonyl (C=O) groups excluding carboxylic acids is 3. The Labute approximate surface area is 263 Å². The number of amides is 3. The summed E-state index contributed by atoms with van der Waals surface area (Å²) >= 11 is 0. The van der Waals surface area contributed by atoms with Gasteiger partial charge in [0.25, 0.3) is 0 Å². The van der Waals surface area contributed by atoms with Gasteiger partial charge in [-0.05, 0) is 62.4 Å². The first kappa shape index (κ1) is 31.7. The third kappa shape index (κ3) is 8.68. The van der Waals surface area contributed by atoms with Gasteiger partial charge < -0.3 is 24.8 Å². The van der Waals surface area contributed by atoms with Crippen LogP contribution in [0.4, 0.5) is 4.79 Å². The number of aryl methyl sites for hydroxylation is 1. The summed E-state index contributed by atoms with van der Waals surface area (Å²) in [6.07, 6.45) is 1.31. The fraction of sp³-hybridized carbons (Fsp3) is 0.400. The van der Waals surface area contributed by atoms with Gasteiger partial charge in [-0.1, -0.05) is 78.0 Å². The van der Waals surface area contributed by atoms with Crippen LogP contribution in [0, 0.1) is 12.8 Å². The van der Waals surface area contributed by atoms with E-state index in [-0.39, 0.29) is 23.8 Å². The van der Waals surface area contributed by atoms with E-state index in [4.69, 9.17) is 9.26 Å². The molecule has 4 aromatic rings. The number of hydrogen-bond donors (Lipinski definition) is 2. The zero-order valence-electron chi connectivity index (χ0n) is 26.3. The molecular weight excluding hydrogens is 570 g/mol. The number of nitrogens with zero attached hydrogens (tertiary/aromatic N) is 3. The Kier molecular flexibility index (Phi) is 9.80. The molecule has 1 aromatic heterocycles. The molecule has 3 amide bonds. The highest BCUT2D eigenvalue weighted by Crippen LogP contribution is 2.22. The third-order valence-electron chi connectivity index (χ3n) is 7.84. The molecule has 1 aliphatic rings. The van der Waals surface area contributed by atoms with E-state index >= 15 is 0 Å². The highest BCUT2D eigenvalue weighted by Gasteiger charge is 2.33. The van der Waals surface area contributed by atoms with Crippen LogP contribution in [-0.2, 0) is 27.2 Å². The first-order chi connectivity index (χ1) is 21.5. The van der Waals surface area contributed by atoms with Gasteiger partial charge in [0.05, 0.1) is 0 Å². The van der Waals surface area contributed by atoms with Crippen LogP contribution in [0.2, 0.25) is 0 Å². The second kappa shape index (κ2) is 13.9. The SMILES string of the molecule is Cc1noc(C(Cc2ccccc2)NC(=O)C(Cc2ccc3ccccc3c2)NC(=O)C2CCN(C(=O)OC(C)(C)C)CC2)n1. The van der Waals surface area contributed by atoms with E-state index in [0.717, 1.165) is 21.9 Å². The van der Waals surface area contributed by atoms with Crippen LogP contribution in [0.1, 0.15) is 62.5 Å². The Bertz CT molecular complexity index is 1620. The van der Waals surface area contributed by atoms with Crippen LogP contribution in [0.5, 0.6) is 0 Å². The number of likely N-dealkylation sites (tertiary alicyclic amines) is 1. The molecule has 0 aliphatic carbocycles. The highest BCUT2D eigenvalue weighted by atomic mass is 16.6. The Morgan fingerprint density at radius 1 is 0.911 bits per heavy atom. The summed E-state index contributed by atoms with van der Waals surface area (Å²) in [6, 6.07) is 22.4. The van der Waals surface area contributed by atoms with Crippen molar-refractivity contribution in [2.75, 3.05) is 13.1 Å². The van der Waals surface area contributed by atoms with Crippen LogP contribution < -0.4 is 10.6 Å². The van der Waals surface area contributed by atoms with Crippen molar-refractivity contribution < 1.29 is 23.6 Å². The van der Waals surface area contributed by atoms with Crippen LogP contribution in [0.3, 0.4) is 0 Å². The van der Waals surface area contributed by atoms with Crippen molar-refractivity contribution in [2.24, 2.45) is 5.92 Å². The lowest BCUT2D eigenvalue weighted by Gasteiger charge is -2.33. The van der Waals surface area contributed by atoms with Crippen LogP contribution >= 0.6 is 0 Å². The Morgan fingerprint density at radius 2 is 1.60 bits per heavy atom. The van der Waals surface area contributed by atoms with Crippen molar-refractivity contribution >= 4 is 28.7 Å². The first-order valence-electron chi connectivity index (χ1n) is 15.4. The molecule has 0 bridgehead atoms. The minimum Gasteiger partial charge on any atom is -0.444 e. The number of carbonyl (C=O) groups is 3. The lowest BCUT2D eigenvalue weighted by atomic mass is 9.94. The summed E-state index contributed by atoms with van der Waals surface area (Å²) in [4.78, 5) is 46.2. The largest absolute Gasteiger partial charge is 0.444 e. The average molecular weight is 612 g/mol. The fourth-order valence-corrected chi connectivity index (χ4v) is 5.53. The van der Waals surface area contributed by atoms with Crippen LogP contribution in [0.15, 0.2) is 77.3 Å². The number of aromatic nitrogens is 2. The van der Waals surface area contributed by atoms with E-state index in [0.29, 0.717) is 50.5 Å². The van der Waals surface area contributed by atoms with Crippen LogP contribution in [-0.4, -0.2) is 57.7 Å². The van der Waals surface area contributed by atoms with Crippen molar-refractivity contribution in [1.29, 1.82) is 0 Å². The number of hydrogen-bond acceptors (Lipinski definition) is 7. The summed E-state index contributed by atoms with van der Waals surface area (Å²) in [6.45, 7) is 8.03.